The van der Waals surface area contributed by atoms with Crippen molar-refractivity contribution < 1.29 is 9.90 Å². The summed E-state index contributed by atoms with van der Waals surface area (Å²) in [6, 6.07) is 12.0. The minimum atomic E-state index is -0.771. The highest BCUT2D eigenvalue weighted by Gasteiger charge is 2.03. The Morgan fingerprint density at radius 1 is 1.30 bits per heavy atom. The highest BCUT2D eigenvalue weighted by molar-refractivity contribution is 5.69. The molecule has 2 rings (SSSR count). The second kappa shape index (κ2) is 6.66. The first-order chi connectivity index (χ1) is 9.66. The molecular weight excluding hydrogens is 250 g/mol. The molecule has 1 heterocycles. The van der Waals surface area contributed by atoms with E-state index in [2.05, 4.69) is 24.0 Å². The Kier molecular flexibility index (Phi) is 4.66. The van der Waals surface area contributed by atoms with Crippen molar-refractivity contribution in [1.29, 1.82) is 0 Å². The quantitative estimate of drug-likeness (QED) is 0.892. The largest absolute Gasteiger partial charge is 0.481 e. The third-order valence-electron chi connectivity index (χ3n) is 3.04. The van der Waals surface area contributed by atoms with Gasteiger partial charge in [-0.3, -0.25) is 9.78 Å². The average Bonchev–Trinajstić information content (AvgIpc) is 2.46. The molecule has 3 heteroatoms. The van der Waals surface area contributed by atoms with E-state index in [-0.39, 0.29) is 6.42 Å². The zero-order valence-electron chi connectivity index (χ0n) is 11.4. The van der Waals surface area contributed by atoms with Crippen LogP contribution in [0.15, 0.2) is 48.7 Å². The molecule has 0 spiro atoms. The van der Waals surface area contributed by atoms with E-state index in [1.807, 2.05) is 36.4 Å². The molecule has 2 aromatic rings. The van der Waals surface area contributed by atoms with Crippen LogP contribution < -0.4 is 0 Å². The molecule has 102 valence electrons. The van der Waals surface area contributed by atoms with E-state index in [0.29, 0.717) is 6.42 Å². The fourth-order valence-corrected chi connectivity index (χ4v) is 1.97. The molecule has 0 amide bonds. The van der Waals surface area contributed by atoms with Crippen molar-refractivity contribution >= 4 is 12.0 Å². The summed E-state index contributed by atoms with van der Waals surface area (Å²) < 4.78 is 0. The number of benzene rings is 1. The fraction of sp³-hybridized carbons (Fsp3) is 0.176. The molecule has 0 bridgehead atoms. The van der Waals surface area contributed by atoms with Crippen LogP contribution in [-0.4, -0.2) is 16.1 Å². The molecular formula is C17H17NO2. The van der Waals surface area contributed by atoms with Crippen molar-refractivity contribution in [3.8, 4) is 11.3 Å². The molecule has 20 heavy (non-hydrogen) atoms. The van der Waals surface area contributed by atoms with Gasteiger partial charge in [0.25, 0.3) is 0 Å². The number of aryl methyl sites for hydroxylation is 1. The molecule has 0 aliphatic carbocycles. The zero-order chi connectivity index (χ0) is 14.4. The third kappa shape index (κ3) is 3.79. The summed E-state index contributed by atoms with van der Waals surface area (Å²) in [5, 5.41) is 8.60. The van der Waals surface area contributed by atoms with E-state index in [0.717, 1.165) is 16.8 Å². The number of hydrogen-bond donors (Lipinski definition) is 1. The molecule has 0 unspecified atom stereocenters. The van der Waals surface area contributed by atoms with Gasteiger partial charge in [-0.25, -0.2) is 0 Å². The number of carboxylic acids is 1. The van der Waals surface area contributed by atoms with Crippen LogP contribution >= 0.6 is 0 Å². The highest BCUT2D eigenvalue weighted by atomic mass is 16.4. The standard InChI is InChI=1S/C17H17NO2/c1-13-9-10-14(6-2-3-8-17(19)20)12-15(13)16-7-4-5-11-18-16/h2,4-7,9-12H,3,8H2,1H3,(H,19,20). The molecule has 0 aliphatic heterocycles. The lowest BCUT2D eigenvalue weighted by molar-refractivity contribution is -0.136. The Hall–Kier alpha value is -2.42. The van der Waals surface area contributed by atoms with Gasteiger partial charge in [-0.2, -0.15) is 0 Å². The van der Waals surface area contributed by atoms with Crippen LogP contribution in [0.5, 0.6) is 0 Å². The number of aromatic nitrogens is 1. The minimum absolute atomic E-state index is 0.162. The molecule has 1 aromatic heterocycles. The van der Waals surface area contributed by atoms with Crippen molar-refractivity contribution in [1.82, 2.24) is 4.98 Å². The zero-order valence-corrected chi connectivity index (χ0v) is 11.4. The van der Waals surface area contributed by atoms with Gasteiger partial charge in [0.1, 0.15) is 0 Å². The van der Waals surface area contributed by atoms with Crippen molar-refractivity contribution in [3.05, 3.63) is 59.8 Å². The predicted molar refractivity (Wildman–Crippen MR) is 80.3 cm³/mol. The first-order valence-corrected chi connectivity index (χ1v) is 6.57. The van der Waals surface area contributed by atoms with Gasteiger partial charge in [-0.15, -0.1) is 0 Å². The Morgan fingerprint density at radius 2 is 2.15 bits per heavy atom. The predicted octanol–water partition coefficient (Wildman–Crippen LogP) is 3.94. The van der Waals surface area contributed by atoms with Crippen LogP contribution in [0.1, 0.15) is 24.0 Å². The first kappa shape index (κ1) is 14.0. The van der Waals surface area contributed by atoms with Crippen molar-refractivity contribution in [3.63, 3.8) is 0 Å². The molecule has 0 atom stereocenters. The number of aliphatic carboxylic acids is 1. The Labute approximate surface area is 118 Å². The van der Waals surface area contributed by atoms with E-state index < -0.39 is 5.97 Å². The van der Waals surface area contributed by atoms with Crippen LogP contribution in [0.25, 0.3) is 17.3 Å². The molecule has 0 saturated carbocycles. The van der Waals surface area contributed by atoms with Gasteiger partial charge >= 0.3 is 5.97 Å². The number of pyridine rings is 1. The number of allylic oxidation sites excluding steroid dienone is 1. The maximum atomic E-state index is 10.5. The molecule has 0 fully saturated rings. The van der Waals surface area contributed by atoms with Crippen LogP contribution in [0.2, 0.25) is 0 Å². The SMILES string of the molecule is Cc1ccc(C=CCCC(=O)O)cc1-c1ccccn1. The summed E-state index contributed by atoms with van der Waals surface area (Å²) >= 11 is 0. The van der Waals surface area contributed by atoms with Crippen LogP contribution in [-0.2, 0) is 4.79 Å². The maximum absolute atomic E-state index is 10.5. The molecule has 0 aliphatic rings. The maximum Gasteiger partial charge on any atom is 0.303 e. The molecule has 3 nitrogen and oxygen atoms in total. The second-order valence-corrected chi connectivity index (χ2v) is 4.62. The topological polar surface area (TPSA) is 50.2 Å². The summed E-state index contributed by atoms with van der Waals surface area (Å²) in [6.45, 7) is 2.06. The van der Waals surface area contributed by atoms with E-state index >= 15 is 0 Å². The monoisotopic (exact) mass is 267 g/mol. The Balaban J connectivity index is 2.19. The Bertz CT molecular complexity index is 618. The molecule has 1 aromatic carbocycles. The molecule has 0 radical (unpaired) electrons. The fourth-order valence-electron chi connectivity index (χ4n) is 1.97. The number of rotatable bonds is 5. The summed E-state index contributed by atoms with van der Waals surface area (Å²) in [5.41, 5.74) is 4.28. The number of carboxylic acid groups (broad SMARTS) is 1. The highest BCUT2D eigenvalue weighted by Crippen LogP contribution is 2.23. The van der Waals surface area contributed by atoms with Gasteiger partial charge in [-0.1, -0.05) is 30.4 Å². The van der Waals surface area contributed by atoms with Gasteiger partial charge in [0.05, 0.1) is 5.69 Å². The minimum Gasteiger partial charge on any atom is -0.481 e. The van der Waals surface area contributed by atoms with Crippen LogP contribution in [0.3, 0.4) is 0 Å². The lowest BCUT2D eigenvalue weighted by Gasteiger charge is -2.06. The lowest BCUT2D eigenvalue weighted by atomic mass is 10.0. The number of nitrogens with zero attached hydrogens (tertiary/aromatic N) is 1. The third-order valence-corrected chi connectivity index (χ3v) is 3.04. The van der Waals surface area contributed by atoms with Gasteiger partial charge in [-0.05, 0) is 42.7 Å². The van der Waals surface area contributed by atoms with Crippen molar-refractivity contribution in [2.75, 3.05) is 0 Å². The van der Waals surface area contributed by atoms with Crippen molar-refractivity contribution in [2.24, 2.45) is 0 Å². The Morgan fingerprint density at radius 3 is 2.85 bits per heavy atom. The van der Waals surface area contributed by atoms with Crippen LogP contribution in [0.4, 0.5) is 0 Å². The average molecular weight is 267 g/mol. The van der Waals surface area contributed by atoms with E-state index in [4.69, 9.17) is 5.11 Å². The number of hydrogen-bond acceptors (Lipinski definition) is 2. The summed E-state index contributed by atoms with van der Waals surface area (Å²) in [6.07, 6.45) is 6.33. The normalized spacial score (nSPS) is 10.8. The van der Waals surface area contributed by atoms with Gasteiger partial charge in [0.2, 0.25) is 0 Å². The summed E-state index contributed by atoms with van der Waals surface area (Å²) in [4.78, 5) is 14.8. The van der Waals surface area contributed by atoms with E-state index in [9.17, 15) is 4.79 Å². The summed E-state index contributed by atoms with van der Waals surface area (Å²) in [5.74, 6) is -0.771. The van der Waals surface area contributed by atoms with E-state index in [1.165, 1.54) is 5.56 Å². The van der Waals surface area contributed by atoms with Crippen LogP contribution in [0, 0.1) is 6.92 Å². The van der Waals surface area contributed by atoms with Crippen molar-refractivity contribution in [2.45, 2.75) is 19.8 Å². The summed E-state index contributed by atoms with van der Waals surface area (Å²) in [7, 11) is 0. The van der Waals surface area contributed by atoms with E-state index in [1.54, 1.807) is 6.20 Å². The smallest absolute Gasteiger partial charge is 0.303 e. The molecule has 1 N–H and O–H groups in total. The van der Waals surface area contributed by atoms with Gasteiger partial charge in [0.15, 0.2) is 0 Å². The lowest BCUT2D eigenvalue weighted by Crippen LogP contribution is -1.91. The van der Waals surface area contributed by atoms with Gasteiger partial charge in [0, 0.05) is 18.2 Å². The first-order valence-electron chi connectivity index (χ1n) is 6.57. The molecule has 0 saturated heterocycles. The number of carbonyl (C=O) groups is 1. The van der Waals surface area contributed by atoms with Gasteiger partial charge < -0.3 is 5.11 Å². The second-order valence-electron chi connectivity index (χ2n) is 4.62.